The van der Waals surface area contributed by atoms with Crippen molar-refractivity contribution in [3.63, 3.8) is 0 Å². The van der Waals surface area contributed by atoms with Crippen LogP contribution in [0.3, 0.4) is 0 Å². The molecule has 0 atom stereocenters. The molecule has 5 heteroatoms. The van der Waals surface area contributed by atoms with Crippen molar-refractivity contribution in [2.24, 2.45) is 0 Å². The van der Waals surface area contributed by atoms with Gasteiger partial charge >= 0.3 is 6.18 Å². The van der Waals surface area contributed by atoms with Gasteiger partial charge in [-0.15, -0.1) is 0 Å². The second kappa shape index (κ2) is 5.65. The highest BCUT2D eigenvalue weighted by atomic mass is 19.4. The standard InChI is InChI=1S/C19H17F3N2/c20-19(21,22)15-8-9-17-16(12-15)23-18(14-6-7-14)24(17)11-10-13-4-2-1-3-5-13/h1-5,8-9,12,14H,6-7,10-11H2. The summed E-state index contributed by atoms with van der Waals surface area (Å²) in [4.78, 5) is 4.52. The molecule has 0 aliphatic heterocycles. The molecule has 3 aromatic rings. The molecule has 24 heavy (non-hydrogen) atoms. The van der Waals surface area contributed by atoms with Crippen LogP contribution >= 0.6 is 0 Å². The Labute approximate surface area is 137 Å². The Balaban J connectivity index is 1.71. The van der Waals surface area contributed by atoms with Crippen LogP contribution in [0.25, 0.3) is 11.0 Å². The molecule has 124 valence electrons. The van der Waals surface area contributed by atoms with Crippen molar-refractivity contribution < 1.29 is 13.2 Å². The first-order chi connectivity index (χ1) is 11.5. The van der Waals surface area contributed by atoms with Gasteiger partial charge in [-0.1, -0.05) is 30.3 Å². The highest BCUT2D eigenvalue weighted by Crippen LogP contribution is 2.41. The first-order valence-electron chi connectivity index (χ1n) is 8.14. The van der Waals surface area contributed by atoms with E-state index in [1.54, 1.807) is 6.07 Å². The summed E-state index contributed by atoms with van der Waals surface area (Å²) in [5.41, 5.74) is 1.82. The third kappa shape index (κ3) is 2.90. The van der Waals surface area contributed by atoms with E-state index in [4.69, 9.17) is 0 Å². The van der Waals surface area contributed by atoms with Crippen LogP contribution in [-0.4, -0.2) is 9.55 Å². The zero-order chi connectivity index (χ0) is 16.7. The van der Waals surface area contributed by atoms with Crippen molar-refractivity contribution in [1.29, 1.82) is 0 Å². The number of hydrogen-bond donors (Lipinski definition) is 0. The molecule has 0 bridgehead atoms. The number of halogens is 3. The Morgan fingerprint density at radius 1 is 1.04 bits per heavy atom. The van der Waals surface area contributed by atoms with E-state index >= 15 is 0 Å². The van der Waals surface area contributed by atoms with Gasteiger partial charge < -0.3 is 4.57 Å². The predicted octanol–water partition coefficient (Wildman–Crippen LogP) is 5.18. The van der Waals surface area contributed by atoms with E-state index < -0.39 is 11.7 Å². The summed E-state index contributed by atoms with van der Waals surface area (Å²) in [5.74, 6) is 1.32. The summed E-state index contributed by atoms with van der Waals surface area (Å²) >= 11 is 0. The predicted molar refractivity (Wildman–Crippen MR) is 86.9 cm³/mol. The third-order valence-corrected chi connectivity index (χ3v) is 4.51. The molecule has 1 saturated carbocycles. The van der Waals surface area contributed by atoms with Gasteiger partial charge in [-0.2, -0.15) is 13.2 Å². The minimum Gasteiger partial charge on any atom is -0.327 e. The first-order valence-corrected chi connectivity index (χ1v) is 8.14. The van der Waals surface area contributed by atoms with Gasteiger partial charge in [-0.25, -0.2) is 4.98 Å². The molecule has 1 aromatic heterocycles. The van der Waals surface area contributed by atoms with E-state index in [0.29, 0.717) is 11.4 Å². The number of alkyl halides is 3. The highest BCUT2D eigenvalue weighted by molar-refractivity contribution is 5.77. The Kier molecular flexibility index (Phi) is 3.59. The molecule has 2 aromatic carbocycles. The van der Waals surface area contributed by atoms with Crippen LogP contribution in [0.4, 0.5) is 13.2 Å². The van der Waals surface area contributed by atoms with E-state index in [1.807, 2.05) is 18.2 Å². The topological polar surface area (TPSA) is 17.8 Å². The SMILES string of the molecule is FC(F)(F)c1ccc2c(c1)nc(C1CC1)n2CCc1ccccc1. The molecule has 4 rings (SSSR count). The second-order valence-electron chi connectivity index (χ2n) is 6.33. The van der Waals surface area contributed by atoms with Gasteiger partial charge in [-0.05, 0) is 43.0 Å². The number of hydrogen-bond acceptors (Lipinski definition) is 1. The molecule has 1 aliphatic rings. The average molecular weight is 330 g/mol. The molecule has 1 aliphatic carbocycles. The monoisotopic (exact) mass is 330 g/mol. The quantitative estimate of drug-likeness (QED) is 0.645. The summed E-state index contributed by atoms with van der Waals surface area (Å²) in [6.45, 7) is 0.734. The van der Waals surface area contributed by atoms with E-state index in [2.05, 4.69) is 21.7 Å². The maximum atomic E-state index is 12.9. The van der Waals surface area contributed by atoms with Gasteiger partial charge in [0.05, 0.1) is 16.6 Å². The summed E-state index contributed by atoms with van der Waals surface area (Å²) in [6, 6.07) is 14.0. The summed E-state index contributed by atoms with van der Waals surface area (Å²) in [5, 5.41) is 0. The highest BCUT2D eigenvalue weighted by Gasteiger charge is 2.33. The van der Waals surface area contributed by atoms with Crippen molar-refractivity contribution >= 4 is 11.0 Å². The smallest absolute Gasteiger partial charge is 0.327 e. The molecule has 0 N–H and O–H groups in total. The van der Waals surface area contributed by atoms with Crippen molar-refractivity contribution in [1.82, 2.24) is 9.55 Å². The van der Waals surface area contributed by atoms with Crippen LogP contribution in [0.5, 0.6) is 0 Å². The lowest BCUT2D eigenvalue weighted by Gasteiger charge is -2.10. The molecule has 0 amide bonds. The van der Waals surface area contributed by atoms with Crippen molar-refractivity contribution in [3.8, 4) is 0 Å². The summed E-state index contributed by atoms with van der Waals surface area (Å²) in [7, 11) is 0. The Morgan fingerprint density at radius 2 is 1.79 bits per heavy atom. The number of aromatic nitrogens is 2. The molecule has 0 unspecified atom stereocenters. The van der Waals surface area contributed by atoms with Crippen LogP contribution in [0.2, 0.25) is 0 Å². The lowest BCUT2D eigenvalue weighted by atomic mass is 10.1. The molecule has 1 fully saturated rings. The van der Waals surface area contributed by atoms with Gasteiger partial charge in [0.15, 0.2) is 0 Å². The van der Waals surface area contributed by atoms with Gasteiger partial charge in [-0.3, -0.25) is 0 Å². The normalized spacial score (nSPS) is 15.1. The third-order valence-electron chi connectivity index (χ3n) is 4.51. The lowest BCUT2D eigenvalue weighted by Crippen LogP contribution is -2.06. The van der Waals surface area contributed by atoms with Crippen molar-refractivity contribution in [2.45, 2.75) is 37.9 Å². The molecule has 0 spiro atoms. The average Bonchev–Trinajstić information content (AvgIpc) is 3.34. The van der Waals surface area contributed by atoms with E-state index in [9.17, 15) is 13.2 Å². The molecule has 2 nitrogen and oxygen atoms in total. The van der Waals surface area contributed by atoms with E-state index in [-0.39, 0.29) is 0 Å². The van der Waals surface area contributed by atoms with Crippen molar-refractivity contribution in [2.75, 3.05) is 0 Å². The zero-order valence-corrected chi connectivity index (χ0v) is 13.1. The molecule has 0 radical (unpaired) electrons. The van der Waals surface area contributed by atoms with Gasteiger partial charge in [0.25, 0.3) is 0 Å². The van der Waals surface area contributed by atoms with Gasteiger partial charge in [0.1, 0.15) is 5.82 Å². The maximum absolute atomic E-state index is 12.9. The Morgan fingerprint density at radius 3 is 2.46 bits per heavy atom. The number of aryl methyl sites for hydroxylation is 2. The maximum Gasteiger partial charge on any atom is 0.416 e. The molecular weight excluding hydrogens is 313 g/mol. The number of fused-ring (bicyclic) bond motifs is 1. The van der Waals surface area contributed by atoms with Gasteiger partial charge in [0.2, 0.25) is 0 Å². The largest absolute Gasteiger partial charge is 0.416 e. The van der Waals surface area contributed by atoms with Crippen LogP contribution in [0.1, 0.15) is 35.7 Å². The summed E-state index contributed by atoms with van der Waals surface area (Å²) in [6.07, 6.45) is -1.35. The second-order valence-corrected chi connectivity index (χ2v) is 6.33. The molecule has 1 heterocycles. The fraction of sp³-hybridized carbons (Fsp3) is 0.316. The lowest BCUT2D eigenvalue weighted by molar-refractivity contribution is -0.137. The van der Waals surface area contributed by atoms with Gasteiger partial charge in [0, 0.05) is 12.5 Å². The molecule has 0 saturated heterocycles. The fourth-order valence-corrected chi connectivity index (χ4v) is 3.10. The number of rotatable bonds is 4. The zero-order valence-electron chi connectivity index (χ0n) is 13.1. The van der Waals surface area contributed by atoms with Crippen LogP contribution < -0.4 is 0 Å². The van der Waals surface area contributed by atoms with Crippen LogP contribution in [-0.2, 0) is 19.1 Å². The number of benzene rings is 2. The number of nitrogens with zero attached hydrogens (tertiary/aromatic N) is 2. The Bertz CT molecular complexity index is 861. The minimum absolute atomic E-state index is 0.391. The van der Waals surface area contributed by atoms with Crippen LogP contribution in [0, 0.1) is 0 Å². The van der Waals surface area contributed by atoms with Crippen LogP contribution in [0.15, 0.2) is 48.5 Å². The number of imidazole rings is 1. The Hall–Kier alpha value is -2.30. The van der Waals surface area contributed by atoms with Crippen molar-refractivity contribution in [3.05, 3.63) is 65.5 Å². The fourth-order valence-electron chi connectivity index (χ4n) is 3.10. The van der Waals surface area contributed by atoms with E-state index in [0.717, 1.165) is 43.2 Å². The minimum atomic E-state index is -4.33. The van der Waals surface area contributed by atoms with E-state index in [1.165, 1.54) is 11.6 Å². The first kappa shape index (κ1) is 15.2. The summed E-state index contributed by atoms with van der Waals surface area (Å²) < 4.78 is 40.9. The molecular formula is C19H17F3N2.